The van der Waals surface area contributed by atoms with Gasteiger partial charge in [0.2, 0.25) is 5.28 Å². The molecule has 1 aliphatic carbocycles. The fourth-order valence-corrected chi connectivity index (χ4v) is 2.23. The molecule has 0 aromatic heterocycles. The lowest BCUT2D eigenvalue weighted by Gasteiger charge is -2.30. The highest BCUT2D eigenvalue weighted by Crippen LogP contribution is 2.31. The molecule has 1 saturated carbocycles. The molecule has 0 aliphatic heterocycles. The lowest BCUT2D eigenvalue weighted by Crippen LogP contribution is -2.42. The first-order chi connectivity index (χ1) is 9.12. The number of hydrazine groups is 1. The van der Waals surface area contributed by atoms with Gasteiger partial charge in [0.15, 0.2) is 0 Å². The Labute approximate surface area is 119 Å². The first-order valence-electron chi connectivity index (χ1n) is 6.93. The minimum atomic E-state index is -0.759. The Morgan fingerprint density at radius 2 is 2.05 bits per heavy atom. The van der Waals surface area contributed by atoms with Gasteiger partial charge in [-0.15, -0.1) is 5.01 Å². The van der Waals surface area contributed by atoms with Gasteiger partial charge in [0.05, 0.1) is 23.5 Å². The minimum Gasteiger partial charge on any atom is -0.569 e. The molecule has 0 aromatic rings. The van der Waals surface area contributed by atoms with Crippen molar-refractivity contribution in [2.75, 3.05) is 7.05 Å². The van der Waals surface area contributed by atoms with E-state index < -0.39 is 5.97 Å². The molecular weight excluding hydrogens is 262 g/mol. The van der Waals surface area contributed by atoms with Crippen molar-refractivity contribution in [1.29, 1.82) is 0 Å². The summed E-state index contributed by atoms with van der Waals surface area (Å²) >= 11 is 0. The molecule has 20 heavy (non-hydrogen) atoms. The van der Waals surface area contributed by atoms with Gasteiger partial charge in [-0.1, -0.05) is 6.92 Å². The van der Waals surface area contributed by atoms with Crippen molar-refractivity contribution < 1.29 is 19.7 Å². The molecule has 0 aromatic carbocycles. The second kappa shape index (κ2) is 6.28. The van der Waals surface area contributed by atoms with Crippen molar-refractivity contribution in [2.45, 2.75) is 58.6 Å². The maximum absolute atomic E-state index is 11.7. The van der Waals surface area contributed by atoms with Crippen molar-refractivity contribution in [3.8, 4) is 0 Å². The number of hydrogen-bond acceptors (Lipinski definition) is 4. The Kier molecular flexibility index (Phi) is 5.19. The van der Waals surface area contributed by atoms with Crippen molar-refractivity contribution in [1.82, 2.24) is 5.01 Å². The number of carboxylic acids is 1. The number of hydrogen-bond donors (Lipinski definition) is 1. The van der Waals surface area contributed by atoms with Crippen molar-refractivity contribution in [3.63, 3.8) is 0 Å². The molecule has 0 spiro atoms. The van der Waals surface area contributed by atoms with Crippen LogP contribution in [0.2, 0.25) is 0 Å². The molecule has 0 saturated heterocycles. The summed E-state index contributed by atoms with van der Waals surface area (Å²) in [6, 6.07) is 0. The molecule has 0 unspecified atom stereocenters. The van der Waals surface area contributed by atoms with Crippen molar-refractivity contribution in [3.05, 3.63) is 5.21 Å². The van der Waals surface area contributed by atoms with Crippen LogP contribution in [0.15, 0.2) is 5.28 Å². The fourth-order valence-electron chi connectivity index (χ4n) is 2.23. The summed E-state index contributed by atoms with van der Waals surface area (Å²) in [5.74, 6) is -1.05. The normalized spacial score (nSPS) is 28.1. The van der Waals surface area contributed by atoms with E-state index in [-0.39, 0.29) is 23.5 Å². The summed E-state index contributed by atoms with van der Waals surface area (Å²) in [6.07, 6.45) is 1.58. The van der Waals surface area contributed by atoms with Gasteiger partial charge in [0.1, 0.15) is 6.10 Å². The van der Waals surface area contributed by atoms with E-state index in [1.807, 2.05) is 27.7 Å². The van der Waals surface area contributed by atoms with Crippen LogP contribution in [0.3, 0.4) is 0 Å². The van der Waals surface area contributed by atoms with Crippen LogP contribution >= 0.6 is 0 Å². The summed E-state index contributed by atoms with van der Waals surface area (Å²) in [6.45, 7) is 7.58. The Balaban J connectivity index is 2.53. The first kappa shape index (κ1) is 16.5. The molecule has 3 atom stereocenters. The van der Waals surface area contributed by atoms with Gasteiger partial charge in [-0.3, -0.25) is 4.79 Å². The highest BCUT2D eigenvalue weighted by Gasteiger charge is 2.34. The maximum Gasteiger partial charge on any atom is 0.306 e. The molecule has 1 aliphatic rings. The van der Waals surface area contributed by atoms with E-state index >= 15 is 0 Å². The summed E-state index contributed by atoms with van der Waals surface area (Å²) in [5.41, 5.74) is -0.344. The Hall–Kier alpha value is -1.53. The molecule has 1 fully saturated rings. The zero-order valence-electron chi connectivity index (χ0n) is 12.9. The lowest BCUT2D eigenvalue weighted by atomic mass is 9.79. The zero-order valence-corrected chi connectivity index (χ0v) is 12.9. The first-order valence-corrected chi connectivity index (χ1v) is 6.93. The van der Waals surface area contributed by atoms with Crippen LogP contribution < -0.4 is 0 Å². The van der Waals surface area contributed by atoms with Crippen LogP contribution in [0.4, 0.5) is 0 Å². The molecule has 116 valence electrons. The third kappa shape index (κ3) is 4.25. The molecule has 7 nitrogen and oxygen atoms in total. The third-order valence-corrected chi connectivity index (χ3v) is 3.93. The van der Waals surface area contributed by atoms with Gasteiger partial charge in [-0.2, -0.15) is 0 Å². The third-order valence-electron chi connectivity index (χ3n) is 3.93. The molecule has 0 heterocycles. The van der Waals surface area contributed by atoms with E-state index in [1.165, 1.54) is 5.01 Å². The van der Waals surface area contributed by atoms with E-state index in [0.717, 1.165) is 0 Å². The van der Waals surface area contributed by atoms with E-state index in [4.69, 9.17) is 9.94 Å². The topological polar surface area (TPSA) is 88.2 Å². The molecule has 0 radical (unpaired) electrons. The van der Waals surface area contributed by atoms with Gasteiger partial charge in [0, 0.05) is 0 Å². The highest BCUT2D eigenvalue weighted by atomic mass is 16.7. The molecule has 1 N–H and O–H groups in total. The van der Waals surface area contributed by atoms with Crippen LogP contribution in [0.25, 0.3) is 0 Å². The van der Waals surface area contributed by atoms with Crippen LogP contribution in [0, 0.1) is 17.0 Å². The summed E-state index contributed by atoms with van der Waals surface area (Å²) in [5, 5.41) is 25.8. The number of aliphatic carboxylic acids is 1. The minimum absolute atomic E-state index is 0.0295. The maximum atomic E-state index is 11.7. The fraction of sp³-hybridized carbons (Fsp3) is 0.923. The van der Waals surface area contributed by atoms with Crippen molar-refractivity contribution in [2.24, 2.45) is 17.1 Å². The van der Waals surface area contributed by atoms with Gasteiger partial charge in [0.25, 0.3) is 0 Å². The van der Waals surface area contributed by atoms with Crippen LogP contribution in [-0.4, -0.2) is 39.7 Å². The average Bonchev–Trinajstić information content (AvgIpc) is 2.33. The second-order valence-electron chi connectivity index (χ2n) is 6.49. The predicted octanol–water partition coefficient (Wildman–Crippen LogP) is 2.42. The van der Waals surface area contributed by atoms with E-state index in [0.29, 0.717) is 24.2 Å². The second-order valence-corrected chi connectivity index (χ2v) is 6.49. The average molecular weight is 287 g/mol. The van der Waals surface area contributed by atoms with E-state index in [1.54, 1.807) is 7.05 Å². The van der Waals surface area contributed by atoms with Crippen molar-refractivity contribution >= 4 is 5.97 Å². The predicted molar refractivity (Wildman–Crippen MR) is 72.6 cm³/mol. The lowest BCUT2D eigenvalue weighted by molar-refractivity contribution is -0.720. The molecular formula is C13H25N3O4. The van der Waals surface area contributed by atoms with Gasteiger partial charge < -0.3 is 15.2 Å². The summed E-state index contributed by atoms with van der Waals surface area (Å²) < 4.78 is 0. The highest BCUT2D eigenvalue weighted by molar-refractivity contribution is 5.70. The molecule has 1 rings (SSSR count). The SMILES string of the molecule is C[C@@H]1C[C@H](O/N=[N+](\[O-])N(C)C(C)(C)C)CC[C@H]1C(=O)O. The number of nitrogens with zero attached hydrogens (tertiary/aromatic N) is 3. The smallest absolute Gasteiger partial charge is 0.306 e. The van der Waals surface area contributed by atoms with Crippen LogP contribution in [0.1, 0.15) is 47.0 Å². The summed E-state index contributed by atoms with van der Waals surface area (Å²) in [4.78, 5) is 16.7. The molecule has 0 amide bonds. The summed E-state index contributed by atoms with van der Waals surface area (Å²) in [7, 11) is 1.64. The van der Waals surface area contributed by atoms with E-state index in [9.17, 15) is 10.0 Å². The monoisotopic (exact) mass is 287 g/mol. The number of rotatable bonds is 4. The van der Waals surface area contributed by atoms with Crippen LogP contribution in [0.5, 0.6) is 0 Å². The van der Waals surface area contributed by atoms with Gasteiger partial charge >= 0.3 is 5.97 Å². The van der Waals surface area contributed by atoms with Gasteiger partial charge in [-0.25, -0.2) is 0 Å². The van der Waals surface area contributed by atoms with Gasteiger partial charge in [-0.05, 0) is 46.0 Å². The van der Waals surface area contributed by atoms with Crippen LogP contribution in [-0.2, 0) is 9.63 Å². The Bertz CT molecular complexity index is 378. The number of carbonyl (C=O) groups is 1. The zero-order chi connectivity index (χ0) is 15.5. The molecule has 0 bridgehead atoms. The van der Waals surface area contributed by atoms with E-state index in [2.05, 4.69) is 5.28 Å². The Morgan fingerprint density at radius 1 is 1.45 bits per heavy atom. The largest absolute Gasteiger partial charge is 0.569 e. The standard InChI is InChI=1S/C13H25N3O4/c1-9-8-10(6-7-11(9)12(17)18)20-14-16(19)15(5)13(2,3)4/h9-11H,6-8H2,1-5H3,(H,17,18)/b16-14-/t9-,10-,11-/m1/s1. The molecule has 7 heteroatoms. The number of carboxylic acid groups (broad SMARTS) is 1. The quantitative estimate of drug-likeness (QED) is 0.487. The Morgan fingerprint density at radius 3 is 2.50 bits per heavy atom.